The SMILES string of the molecule is CCCC1(OC)CCCC[Si]1(OC)OC.CNC. The molecule has 1 aliphatic heterocycles. The van der Waals surface area contributed by atoms with E-state index in [1.807, 2.05) is 14.1 Å². The van der Waals surface area contributed by atoms with Gasteiger partial charge in [0.25, 0.3) is 0 Å². The lowest BCUT2D eigenvalue weighted by Crippen LogP contribution is -2.64. The van der Waals surface area contributed by atoms with E-state index in [0.29, 0.717) is 0 Å². The number of rotatable bonds is 5. The van der Waals surface area contributed by atoms with Crippen LogP contribution in [0.4, 0.5) is 0 Å². The van der Waals surface area contributed by atoms with Crippen LogP contribution in [0.2, 0.25) is 6.04 Å². The van der Waals surface area contributed by atoms with E-state index in [1.54, 1.807) is 21.3 Å². The number of nitrogens with one attached hydrogen (secondary N) is 1. The first-order valence-corrected chi connectivity index (χ1v) is 8.88. The smallest absolute Gasteiger partial charge is 0.370 e. The van der Waals surface area contributed by atoms with Gasteiger partial charge in [0.1, 0.15) is 5.22 Å². The second-order valence-corrected chi connectivity index (χ2v) is 8.55. The van der Waals surface area contributed by atoms with Crippen molar-refractivity contribution in [2.24, 2.45) is 0 Å². The molecule has 0 spiro atoms. The third kappa shape index (κ3) is 3.77. The molecule has 0 bridgehead atoms. The molecular formula is C13H31NO3Si. The van der Waals surface area contributed by atoms with E-state index in [4.69, 9.17) is 13.6 Å². The summed E-state index contributed by atoms with van der Waals surface area (Å²) >= 11 is 0. The Kier molecular flexibility index (Phi) is 9.07. The van der Waals surface area contributed by atoms with Crippen molar-refractivity contribution in [2.75, 3.05) is 35.4 Å². The van der Waals surface area contributed by atoms with E-state index < -0.39 is 8.56 Å². The maximum absolute atomic E-state index is 5.83. The summed E-state index contributed by atoms with van der Waals surface area (Å²) in [6, 6.07) is 1.06. The molecule has 0 amide bonds. The van der Waals surface area contributed by atoms with Crippen LogP contribution in [0, 0.1) is 0 Å². The topological polar surface area (TPSA) is 39.7 Å². The standard InChI is InChI=1S/C11H24O3Si.C2H7N/c1-5-8-11(12-2)9-6-7-10-15(11,13-3)14-4;1-3-2/h5-10H2,1-4H3;3H,1-2H3. The summed E-state index contributed by atoms with van der Waals surface area (Å²) in [4.78, 5) is 0. The lowest BCUT2D eigenvalue weighted by Gasteiger charge is -2.47. The second kappa shape index (κ2) is 9.04. The largest absolute Gasteiger partial charge is 0.396 e. The highest BCUT2D eigenvalue weighted by Crippen LogP contribution is 2.42. The van der Waals surface area contributed by atoms with Crippen molar-refractivity contribution < 1.29 is 13.6 Å². The minimum Gasteiger partial charge on any atom is -0.396 e. The average Bonchev–Trinajstić information content (AvgIpc) is 2.40. The zero-order valence-electron chi connectivity index (χ0n) is 13.0. The number of hydrogen-bond acceptors (Lipinski definition) is 4. The third-order valence-corrected chi connectivity index (χ3v) is 8.16. The van der Waals surface area contributed by atoms with Gasteiger partial charge in [0.05, 0.1) is 0 Å². The van der Waals surface area contributed by atoms with Crippen LogP contribution < -0.4 is 5.32 Å². The molecule has 110 valence electrons. The first-order chi connectivity index (χ1) is 8.61. The van der Waals surface area contributed by atoms with Gasteiger partial charge in [-0.2, -0.15) is 0 Å². The monoisotopic (exact) mass is 277 g/mol. The molecule has 1 aliphatic rings. The van der Waals surface area contributed by atoms with E-state index in [0.717, 1.165) is 25.3 Å². The van der Waals surface area contributed by atoms with Crippen LogP contribution in [0.15, 0.2) is 0 Å². The van der Waals surface area contributed by atoms with Crippen LogP contribution in [0.1, 0.15) is 39.0 Å². The Morgan fingerprint density at radius 2 is 1.67 bits per heavy atom. The van der Waals surface area contributed by atoms with Crippen molar-refractivity contribution in [3.8, 4) is 0 Å². The molecule has 1 atom stereocenters. The third-order valence-electron chi connectivity index (χ3n) is 3.73. The molecule has 1 unspecified atom stereocenters. The molecule has 4 nitrogen and oxygen atoms in total. The maximum atomic E-state index is 5.83. The molecule has 1 fully saturated rings. The molecule has 0 aromatic carbocycles. The van der Waals surface area contributed by atoms with E-state index in [2.05, 4.69) is 12.2 Å². The van der Waals surface area contributed by atoms with Crippen molar-refractivity contribution in [2.45, 2.75) is 50.3 Å². The van der Waals surface area contributed by atoms with Crippen molar-refractivity contribution in [1.29, 1.82) is 0 Å². The van der Waals surface area contributed by atoms with E-state index >= 15 is 0 Å². The van der Waals surface area contributed by atoms with Gasteiger partial charge in [0.2, 0.25) is 0 Å². The Balaban J connectivity index is 0.000000873. The van der Waals surface area contributed by atoms with Gasteiger partial charge in [-0.05, 0) is 33.0 Å². The zero-order valence-corrected chi connectivity index (χ0v) is 14.0. The Hall–Kier alpha value is 0.0569. The van der Waals surface area contributed by atoms with Crippen LogP contribution in [0.5, 0.6) is 0 Å². The molecule has 0 aromatic heterocycles. The predicted molar refractivity (Wildman–Crippen MR) is 78.1 cm³/mol. The molecule has 18 heavy (non-hydrogen) atoms. The van der Waals surface area contributed by atoms with Gasteiger partial charge in [0.15, 0.2) is 0 Å². The summed E-state index contributed by atoms with van der Waals surface area (Å²) in [5.41, 5.74) is 0. The van der Waals surface area contributed by atoms with Crippen LogP contribution >= 0.6 is 0 Å². The average molecular weight is 277 g/mol. The highest BCUT2D eigenvalue weighted by molar-refractivity contribution is 6.70. The van der Waals surface area contributed by atoms with Gasteiger partial charge in [-0.1, -0.05) is 26.2 Å². The predicted octanol–water partition coefficient (Wildman–Crippen LogP) is 2.47. The summed E-state index contributed by atoms with van der Waals surface area (Å²) in [5.74, 6) is 0. The van der Waals surface area contributed by atoms with Crippen molar-refractivity contribution in [1.82, 2.24) is 5.32 Å². The molecule has 1 heterocycles. The molecule has 0 aromatic rings. The Bertz CT molecular complexity index is 208. The fourth-order valence-electron chi connectivity index (χ4n) is 2.92. The van der Waals surface area contributed by atoms with Crippen molar-refractivity contribution >= 4 is 8.56 Å². The Morgan fingerprint density at radius 3 is 2.06 bits per heavy atom. The Labute approximate surface area is 114 Å². The molecule has 1 N–H and O–H groups in total. The van der Waals surface area contributed by atoms with Gasteiger partial charge in [-0.25, -0.2) is 0 Å². The first kappa shape index (κ1) is 18.1. The minimum absolute atomic E-state index is 0.122. The first-order valence-electron chi connectivity index (χ1n) is 6.85. The molecule has 1 saturated heterocycles. The van der Waals surface area contributed by atoms with Gasteiger partial charge in [0, 0.05) is 21.3 Å². The molecule has 0 radical (unpaired) electrons. The fraction of sp³-hybridized carbons (Fsp3) is 1.00. The minimum atomic E-state index is -2.15. The quantitative estimate of drug-likeness (QED) is 0.784. The lowest BCUT2D eigenvalue weighted by atomic mass is 10.1. The summed E-state index contributed by atoms with van der Waals surface area (Å²) in [6.45, 7) is 2.19. The van der Waals surface area contributed by atoms with Gasteiger partial charge >= 0.3 is 8.56 Å². The normalized spacial score (nSPS) is 26.3. The van der Waals surface area contributed by atoms with Crippen LogP contribution in [-0.2, 0) is 13.6 Å². The molecule has 0 saturated carbocycles. The fourth-order valence-corrected chi connectivity index (χ4v) is 6.91. The summed E-state index contributed by atoms with van der Waals surface area (Å²) in [5, 5.41) is 2.63. The summed E-state index contributed by atoms with van der Waals surface area (Å²) in [6.07, 6.45) is 5.70. The molecular weight excluding hydrogens is 246 g/mol. The Morgan fingerprint density at radius 1 is 1.11 bits per heavy atom. The van der Waals surface area contributed by atoms with Crippen LogP contribution in [0.3, 0.4) is 0 Å². The molecule has 0 aliphatic carbocycles. The van der Waals surface area contributed by atoms with E-state index in [-0.39, 0.29) is 5.22 Å². The van der Waals surface area contributed by atoms with Crippen LogP contribution in [-0.4, -0.2) is 49.2 Å². The molecule has 1 rings (SSSR count). The highest BCUT2D eigenvalue weighted by atomic mass is 28.4. The van der Waals surface area contributed by atoms with Gasteiger partial charge < -0.3 is 18.9 Å². The maximum Gasteiger partial charge on any atom is 0.370 e. The van der Waals surface area contributed by atoms with Crippen molar-refractivity contribution in [3.05, 3.63) is 0 Å². The highest BCUT2D eigenvalue weighted by Gasteiger charge is 2.58. The number of methoxy groups -OCH3 is 1. The van der Waals surface area contributed by atoms with E-state index in [9.17, 15) is 0 Å². The zero-order chi connectivity index (χ0) is 14.1. The van der Waals surface area contributed by atoms with Crippen molar-refractivity contribution in [3.63, 3.8) is 0 Å². The van der Waals surface area contributed by atoms with Gasteiger partial charge in [-0.15, -0.1) is 0 Å². The summed E-state index contributed by atoms with van der Waals surface area (Å²) < 4.78 is 17.4. The second-order valence-electron chi connectivity index (χ2n) is 4.82. The number of hydrogen-bond donors (Lipinski definition) is 1. The van der Waals surface area contributed by atoms with Gasteiger partial charge in [-0.3, -0.25) is 0 Å². The summed E-state index contributed by atoms with van der Waals surface area (Å²) in [7, 11) is 6.97. The van der Waals surface area contributed by atoms with Crippen LogP contribution in [0.25, 0.3) is 0 Å². The molecule has 5 heteroatoms. The number of ether oxygens (including phenoxy) is 1. The lowest BCUT2D eigenvalue weighted by molar-refractivity contribution is -0.0149. The van der Waals surface area contributed by atoms with E-state index in [1.165, 1.54) is 12.8 Å².